The van der Waals surface area contributed by atoms with Crippen molar-refractivity contribution in [2.24, 2.45) is 0 Å². The standard InChI is InChI=1S/C5H5.C2H8O3P.2C2H7O3P.Co/c1-2-4-5-3-1;3*1-4-6(3)5-2;/h1-5H;3,6H,1-2H3;2*6H,1-2H3;/q-1;+1;;;. The Morgan fingerprint density at radius 2 is 1.08 bits per heavy atom. The fourth-order valence-corrected chi connectivity index (χ4v) is 1.07. The average Bonchev–Trinajstić information content (AvgIpc) is 3.20. The molecule has 1 aromatic rings. The van der Waals surface area contributed by atoms with Crippen molar-refractivity contribution in [1.82, 2.24) is 0 Å². The molecule has 0 bridgehead atoms. The number of hydrogen-bond donors (Lipinski definition) is 1. The van der Waals surface area contributed by atoms with Crippen LogP contribution in [0.1, 0.15) is 0 Å². The smallest absolute Gasteiger partial charge is 0.314 e. The summed E-state index contributed by atoms with van der Waals surface area (Å²) in [6, 6.07) is 10.0. The zero-order valence-corrected chi connectivity index (χ0v) is 18.5. The predicted molar refractivity (Wildman–Crippen MR) is 92.6 cm³/mol. The van der Waals surface area contributed by atoms with Crippen LogP contribution in [0.3, 0.4) is 0 Å². The van der Waals surface area contributed by atoms with Crippen LogP contribution in [0.25, 0.3) is 0 Å². The summed E-state index contributed by atoms with van der Waals surface area (Å²) in [5, 5.41) is 0. The molecule has 0 aliphatic rings. The third kappa shape index (κ3) is 33.9. The van der Waals surface area contributed by atoms with E-state index in [0.29, 0.717) is 0 Å². The molecule has 0 spiro atoms. The molecule has 0 aliphatic heterocycles. The Hall–Kier alpha value is 0.466. The summed E-state index contributed by atoms with van der Waals surface area (Å²) in [5.74, 6) is 0. The normalized spacial score (nSPS) is 9.08. The first-order chi connectivity index (χ1) is 10.9. The minimum Gasteiger partial charge on any atom is -0.314 e. The Balaban J connectivity index is -0.000000110. The molecule has 13 heteroatoms. The van der Waals surface area contributed by atoms with Gasteiger partial charge in [0.25, 0.3) is 0 Å². The van der Waals surface area contributed by atoms with Crippen LogP contribution < -0.4 is 0 Å². The Labute approximate surface area is 156 Å². The molecule has 0 amide bonds. The van der Waals surface area contributed by atoms with E-state index in [4.69, 9.17) is 4.89 Å². The maximum Gasteiger partial charge on any atom is 0.394 e. The summed E-state index contributed by atoms with van der Waals surface area (Å²) >= 11 is 0. The van der Waals surface area contributed by atoms with E-state index in [1.165, 1.54) is 42.7 Å². The quantitative estimate of drug-likeness (QED) is 0.512. The zero-order chi connectivity index (χ0) is 18.5. The molecule has 0 atom stereocenters. The van der Waals surface area contributed by atoms with Crippen LogP contribution in [-0.2, 0) is 53.1 Å². The minimum atomic E-state index is -2.12. The number of hydrogen-bond acceptors (Lipinski definition) is 9. The van der Waals surface area contributed by atoms with E-state index in [0.717, 1.165) is 0 Å². The van der Waals surface area contributed by atoms with E-state index in [2.05, 4.69) is 27.1 Å². The largest absolute Gasteiger partial charge is 0.394 e. The molecule has 24 heavy (non-hydrogen) atoms. The van der Waals surface area contributed by atoms with E-state index in [1.807, 2.05) is 30.3 Å². The van der Waals surface area contributed by atoms with Gasteiger partial charge in [-0.3, -0.25) is 9.13 Å². The summed E-state index contributed by atoms with van der Waals surface area (Å²) < 4.78 is 45.4. The molecule has 1 aromatic carbocycles. The maximum atomic E-state index is 9.92. The topological polar surface area (TPSA) is 110 Å². The van der Waals surface area contributed by atoms with E-state index in [9.17, 15) is 9.13 Å². The summed E-state index contributed by atoms with van der Waals surface area (Å²) in [6.45, 7) is 0. The third-order valence-corrected chi connectivity index (χ3v) is 3.60. The second kappa shape index (κ2) is 28.3. The second-order valence-electron chi connectivity index (χ2n) is 2.95. The first-order valence-corrected chi connectivity index (χ1v) is 9.69. The third-order valence-electron chi connectivity index (χ3n) is 1.57. The van der Waals surface area contributed by atoms with Gasteiger partial charge in [-0.2, -0.15) is 32.1 Å². The zero-order valence-electron chi connectivity index (χ0n) is 14.4. The van der Waals surface area contributed by atoms with E-state index >= 15 is 0 Å². The Bertz CT molecular complexity index is 305. The molecule has 0 saturated heterocycles. The Kier molecular flexibility index (Phi) is 37.9. The van der Waals surface area contributed by atoms with E-state index in [-0.39, 0.29) is 16.8 Å². The molecule has 0 aliphatic carbocycles. The monoisotopic (exact) mass is 455 g/mol. The van der Waals surface area contributed by atoms with Crippen molar-refractivity contribution >= 4 is 25.1 Å². The molecule has 0 aromatic heterocycles. The molecule has 1 N–H and O–H groups in total. The van der Waals surface area contributed by atoms with Gasteiger partial charge in [0.05, 0.1) is 14.2 Å². The summed E-state index contributed by atoms with van der Waals surface area (Å²) in [7, 11) is 2.05. The van der Waals surface area contributed by atoms with Crippen molar-refractivity contribution < 1.29 is 57.9 Å². The molecule has 0 unspecified atom stereocenters. The number of rotatable bonds is 6. The fraction of sp³-hybridized carbons (Fsp3) is 0.545. The van der Waals surface area contributed by atoms with Crippen molar-refractivity contribution in [3.8, 4) is 0 Å². The van der Waals surface area contributed by atoms with Crippen molar-refractivity contribution in [3.63, 3.8) is 0 Å². The van der Waals surface area contributed by atoms with Crippen LogP contribution in [0.15, 0.2) is 30.3 Å². The SMILES string of the molecule is CO[PH+](O)OC.CO[PH](=O)OC.CO[PH](=O)OC.[Co].c1cc[cH-]c1. The molecule has 1 rings (SSSR count). The summed E-state index contributed by atoms with van der Waals surface area (Å²) in [5.41, 5.74) is 0. The molecular weight excluding hydrogens is 428 g/mol. The van der Waals surface area contributed by atoms with Gasteiger partial charge in [-0.1, -0.05) is 0 Å². The van der Waals surface area contributed by atoms with Crippen molar-refractivity contribution in [3.05, 3.63) is 30.3 Å². The van der Waals surface area contributed by atoms with Gasteiger partial charge in [0.2, 0.25) is 0 Å². The molecule has 0 fully saturated rings. The van der Waals surface area contributed by atoms with Gasteiger partial charge in [-0.05, 0) is 0 Å². The average molecular weight is 455 g/mol. The van der Waals surface area contributed by atoms with Crippen LogP contribution in [-0.4, -0.2) is 47.6 Å². The molecular formula is C11H27CoO9P3. The predicted octanol–water partition coefficient (Wildman–Crippen LogP) is 2.97. The summed E-state index contributed by atoms with van der Waals surface area (Å²) in [4.78, 5) is 8.32. The van der Waals surface area contributed by atoms with Gasteiger partial charge in [-0.25, -0.2) is 12.1 Å². The molecule has 9 nitrogen and oxygen atoms in total. The first-order valence-electron chi connectivity index (χ1n) is 5.97. The maximum absolute atomic E-state index is 9.92. The van der Waals surface area contributed by atoms with Crippen LogP contribution in [0.5, 0.6) is 0 Å². The van der Waals surface area contributed by atoms with Crippen molar-refractivity contribution in [2.75, 3.05) is 42.7 Å². The molecule has 0 saturated carbocycles. The van der Waals surface area contributed by atoms with Crippen LogP contribution in [0.4, 0.5) is 0 Å². The summed E-state index contributed by atoms with van der Waals surface area (Å²) in [6.07, 6.45) is 0. The second-order valence-corrected chi connectivity index (χ2v) is 6.93. The fourth-order valence-electron chi connectivity index (χ4n) is 0.571. The van der Waals surface area contributed by atoms with E-state index < -0.39 is 25.1 Å². The molecule has 0 heterocycles. The molecule has 149 valence electrons. The van der Waals surface area contributed by atoms with Gasteiger partial charge in [0.1, 0.15) is 0 Å². The Morgan fingerprint density at radius 3 is 1.12 bits per heavy atom. The van der Waals surface area contributed by atoms with Crippen molar-refractivity contribution in [1.29, 1.82) is 0 Å². The van der Waals surface area contributed by atoms with Crippen LogP contribution in [0.2, 0.25) is 0 Å². The first kappa shape index (κ1) is 32.2. The van der Waals surface area contributed by atoms with Gasteiger partial charge in [0, 0.05) is 45.2 Å². The van der Waals surface area contributed by atoms with Gasteiger partial charge < -0.3 is 18.1 Å². The van der Waals surface area contributed by atoms with Crippen LogP contribution in [0, 0.1) is 0 Å². The van der Waals surface area contributed by atoms with Crippen LogP contribution >= 0.6 is 25.1 Å². The van der Waals surface area contributed by atoms with Gasteiger partial charge in [0.15, 0.2) is 0 Å². The Morgan fingerprint density at radius 1 is 0.792 bits per heavy atom. The molecule has 1 radical (unpaired) electrons. The van der Waals surface area contributed by atoms with Gasteiger partial charge >= 0.3 is 25.1 Å². The van der Waals surface area contributed by atoms with Gasteiger partial charge in [-0.15, -0.1) is 0 Å². The minimum absolute atomic E-state index is 0. The van der Waals surface area contributed by atoms with Crippen molar-refractivity contribution in [2.45, 2.75) is 0 Å². The van der Waals surface area contributed by atoms with E-state index in [1.54, 1.807) is 0 Å².